The summed E-state index contributed by atoms with van der Waals surface area (Å²) in [6.45, 7) is 3.13. The number of nitriles is 2. The van der Waals surface area contributed by atoms with Crippen molar-refractivity contribution in [2.45, 2.75) is 38.7 Å². The van der Waals surface area contributed by atoms with E-state index >= 15 is 0 Å². The summed E-state index contributed by atoms with van der Waals surface area (Å²) in [6.07, 6.45) is 5.91. The van der Waals surface area contributed by atoms with E-state index < -0.39 is 11.0 Å². The molecule has 0 aliphatic carbocycles. The van der Waals surface area contributed by atoms with E-state index in [1.807, 2.05) is 12.1 Å². The molecule has 19 heavy (non-hydrogen) atoms. The largest absolute Gasteiger partial charge is 0.382 e. The van der Waals surface area contributed by atoms with E-state index in [9.17, 15) is 15.6 Å². The van der Waals surface area contributed by atoms with Crippen LogP contribution in [0.2, 0.25) is 0 Å². The van der Waals surface area contributed by atoms with Crippen LogP contribution in [0.1, 0.15) is 38.1 Å². The number of rotatable bonds is 5. The van der Waals surface area contributed by atoms with Gasteiger partial charge in [0.2, 0.25) is 0 Å². The molecule has 0 saturated heterocycles. The minimum Gasteiger partial charge on any atom is -0.382 e. The molecule has 0 fully saturated rings. The predicted molar refractivity (Wildman–Crippen MR) is 67.2 cm³/mol. The second kappa shape index (κ2) is 5.57. The summed E-state index contributed by atoms with van der Waals surface area (Å²) in [6, 6.07) is 5.55. The standard InChI is InChI=1S/C14H15N3O2/c1-4-5-6-14(9-15,10-16)8-11-7-12(19-17-11)13(2,3)18/h1,7,18H,5-6,8H2,2-3H3. The van der Waals surface area contributed by atoms with E-state index in [2.05, 4.69) is 11.1 Å². The van der Waals surface area contributed by atoms with E-state index in [0.717, 1.165) is 0 Å². The third kappa shape index (κ3) is 3.58. The molecule has 0 atom stereocenters. The maximum absolute atomic E-state index is 9.77. The van der Waals surface area contributed by atoms with Gasteiger partial charge in [0.25, 0.3) is 0 Å². The fraction of sp³-hybridized carbons (Fsp3) is 0.500. The Kier molecular flexibility index (Phi) is 4.33. The Morgan fingerprint density at radius 3 is 2.47 bits per heavy atom. The van der Waals surface area contributed by atoms with Crippen LogP contribution in [0.25, 0.3) is 0 Å². The fourth-order valence-electron chi connectivity index (χ4n) is 1.58. The quantitative estimate of drug-likeness (QED) is 0.813. The molecule has 1 N–H and O–H groups in total. The highest BCUT2D eigenvalue weighted by atomic mass is 16.5. The number of nitrogens with zero attached hydrogens (tertiary/aromatic N) is 3. The monoisotopic (exact) mass is 257 g/mol. The predicted octanol–water partition coefficient (Wildman–Crippen LogP) is 1.89. The third-order valence-electron chi connectivity index (χ3n) is 2.77. The van der Waals surface area contributed by atoms with Crippen LogP contribution in [0.4, 0.5) is 0 Å². The van der Waals surface area contributed by atoms with Crippen molar-refractivity contribution in [1.29, 1.82) is 10.5 Å². The zero-order chi connectivity index (χ0) is 14.5. The summed E-state index contributed by atoms with van der Waals surface area (Å²) in [5, 5.41) is 31.9. The number of aliphatic hydroxyl groups is 1. The van der Waals surface area contributed by atoms with Crippen LogP contribution in [-0.4, -0.2) is 10.3 Å². The molecule has 0 amide bonds. The van der Waals surface area contributed by atoms with Gasteiger partial charge in [0.1, 0.15) is 11.0 Å². The molecule has 1 rings (SSSR count). The maximum atomic E-state index is 9.77. The minimum absolute atomic E-state index is 0.126. The highest BCUT2D eigenvalue weighted by molar-refractivity contribution is 5.22. The van der Waals surface area contributed by atoms with Gasteiger partial charge in [-0.15, -0.1) is 12.3 Å². The van der Waals surface area contributed by atoms with Crippen molar-refractivity contribution in [2.75, 3.05) is 0 Å². The van der Waals surface area contributed by atoms with Gasteiger partial charge in [-0.3, -0.25) is 0 Å². The molecular weight excluding hydrogens is 242 g/mol. The lowest BCUT2D eigenvalue weighted by Gasteiger charge is -2.15. The molecule has 1 aromatic heterocycles. The van der Waals surface area contributed by atoms with E-state index in [0.29, 0.717) is 17.9 Å². The van der Waals surface area contributed by atoms with Gasteiger partial charge < -0.3 is 9.63 Å². The van der Waals surface area contributed by atoms with E-state index in [4.69, 9.17) is 10.9 Å². The van der Waals surface area contributed by atoms with Gasteiger partial charge >= 0.3 is 0 Å². The SMILES string of the molecule is C#CCCC(C#N)(C#N)Cc1cc(C(C)(C)O)on1. The Balaban J connectivity index is 2.94. The normalized spacial score (nSPS) is 11.4. The number of aromatic nitrogens is 1. The number of terminal acetylenes is 1. The summed E-state index contributed by atoms with van der Waals surface area (Å²) < 4.78 is 5.01. The molecule has 1 aromatic rings. The molecular formula is C14H15N3O2. The average molecular weight is 257 g/mol. The van der Waals surface area contributed by atoms with Crippen molar-refractivity contribution in [1.82, 2.24) is 5.16 Å². The first-order valence-electron chi connectivity index (χ1n) is 5.81. The van der Waals surface area contributed by atoms with Crippen molar-refractivity contribution >= 4 is 0 Å². The van der Waals surface area contributed by atoms with Crippen molar-refractivity contribution in [3.63, 3.8) is 0 Å². The molecule has 1 heterocycles. The van der Waals surface area contributed by atoms with Gasteiger partial charge in [-0.1, -0.05) is 5.16 Å². The molecule has 0 saturated carbocycles. The molecule has 98 valence electrons. The van der Waals surface area contributed by atoms with Crippen molar-refractivity contribution < 1.29 is 9.63 Å². The molecule has 0 aromatic carbocycles. The Morgan fingerprint density at radius 1 is 1.42 bits per heavy atom. The summed E-state index contributed by atoms with van der Waals surface area (Å²) in [4.78, 5) is 0. The van der Waals surface area contributed by atoms with Crippen LogP contribution in [-0.2, 0) is 12.0 Å². The summed E-state index contributed by atoms with van der Waals surface area (Å²) in [5.41, 5.74) is -1.90. The first-order chi connectivity index (χ1) is 8.87. The van der Waals surface area contributed by atoms with Gasteiger partial charge in [0.05, 0.1) is 17.8 Å². The zero-order valence-electron chi connectivity index (χ0n) is 11.0. The van der Waals surface area contributed by atoms with E-state index in [-0.39, 0.29) is 12.8 Å². The van der Waals surface area contributed by atoms with Gasteiger partial charge in [-0.25, -0.2) is 0 Å². The fourth-order valence-corrected chi connectivity index (χ4v) is 1.58. The lowest BCUT2D eigenvalue weighted by atomic mass is 9.82. The van der Waals surface area contributed by atoms with Crippen LogP contribution in [0, 0.1) is 40.4 Å². The van der Waals surface area contributed by atoms with Crippen LogP contribution in [0.3, 0.4) is 0 Å². The van der Waals surface area contributed by atoms with E-state index in [1.165, 1.54) is 0 Å². The van der Waals surface area contributed by atoms with Crippen LogP contribution in [0.5, 0.6) is 0 Å². The lowest BCUT2D eigenvalue weighted by molar-refractivity contribution is 0.0474. The summed E-state index contributed by atoms with van der Waals surface area (Å²) in [5.74, 6) is 2.72. The zero-order valence-corrected chi connectivity index (χ0v) is 11.0. The highest BCUT2D eigenvalue weighted by Gasteiger charge is 2.32. The molecule has 0 spiro atoms. The van der Waals surface area contributed by atoms with Crippen molar-refractivity contribution in [3.8, 4) is 24.5 Å². The van der Waals surface area contributed by atoms with Crippen LogP contribution >= 0.6 is 0 Å². The lowest BCUT2D eigenvalue weighted by Crippen LogP contribution is -2.19. The van der Waals surface area contributed by atoms with Gasteiger partial charge in [0.15, 0.2) is 5.76 Å². The minimum atomic E-state index is -1.21. The van der Waals surface area contributed by atoms with Crippen molar-refractivity contribution in [3.05, 3.63) is 17.5 Å². The second-order valence-corrected chi connectivity index (χ2v) is 4.93. The second-order valence-electron chi connectivity index (χ2n) is 4.93. The smallest absolute Gasteiger partial charge is 0.167 e. The molecule has 5 heteroatoms. The van der Waals surface area contributed by atoms with Gasteiger partial charge in [0, 0.05) is 18.9 Å². The molecule has 0 aliphatic heterocycles. The molecule has 0 unspecified atom stereocenters. The van der Waals surface area contributed by atoms with Crippen LogP contribution < -0.4 is 0 Å². The number of hydrogen-bond acceptors (Lipinski definition) is 5. The number of hydrogen-bond donors (Lipinski definition) is 1. The Bertz CT molecular complexity index is 547. The molecule has 5 nitrogen and oxygen atoms in total. The Hall–Kier alpha value is -2.29. The maximum Gasteiger partial charge on any atom is 0.167 e. The first kappa shape index (κ1) is 14.8. The summed E-state index contributed by atoms with van der Waals surface area (Å²) in [7, 11) is 0. The van der Waals surface area contributed by atoms with Crippen molar-refractivity contribution in [2.24, 2.45) is 5.41 Å². The van der Waals surface area contributed by atoms with Gasteiger partial charge in [-0.05, 0) is 20.3 Å². The van der Waals surface area contributed by atoms with E-state index in [1.54, 1.807) is 19.9 Å². The first-order valence-corrected chi connectivity index (χ1v) is 5.81. The van der Waals surface area contributed by atoms with Crippen LogP contribution in [0.15, 0.2) is 10.6 Å². The summed E-state index contributed by atoms with van der Waals surface area (Å²) >= 11 is 0. The Morgan fingerprint density at radius 2 is 2.05 bits per heavy atom. The average Bonchev–Trinajstić information content (AvgIpc) is 2.83. The third-order valence-corrected chi connectivity index (χ3v) is 2.77. The molecule has 0 radical (unpaired) electrons. The highest BCUT2D eigenvalue weighted by Crippen LogP contribution is 2.29. The van der Waals surface area contributed by atoms with Gasteiger partial charge in [-0.2, -0.15) is 10.5 Å². The Labute approximate surface area is 112 Å². The molecule has 0 aliphatic rings. The molecule has 0 bridgehead atoms. The topological polar surface area (TPSA) is 93.8 Å².